The van der Waals surface area contributed by atoms with E-state index in [0.717, 1.165) is 6.07 Å². The van der Waals surface area contributed by atoms with E-state index >= 15 is 0 Å². The maximum absolute atomic E-state index is 13.7. The quantitative estimate of drug-likeness (QED) is 0.833. The SMILES string of the molecule is CC(C)C(CNS(=O)(=O)c1ccc(Br)cc1F)C(C)C. The van der Waals surface area contributed by atoms with E-state index < -0.39 is 15.8 Å². The van der Waals surface area contributed by atoms with Crippen molar-refractivity contribution in [3.05, 3.63) is 28.5 Å². The van der Waals surface area contributed by atoms with Crippen LogP contribution in [0.2, 0.25) is 0 Å². The summed E-state index contributed by atoms with van der Waals surface area (Å²) in [7, 11) is -3.82. The van der Waals surface area contributed by atoms with E-state index in [1.54, 1.807) is 0 Å². The van der Waals surface area contributed by atoms with E-state index in [1.807, 2.05) is 0 Å². The first kappa shape index (κ1) is 17.6. The molecule has 6 heteroatoms. The molecule has 1 aromatic rings. The second-order valence-corrected chi connectivity index (χ2v) is 8.23. The van der Waals surface area contributed by atoms with Gasteiger partial charge >= 0.3 is 0 Å². The summed E-state index contributed by atoms with van der Waals surface area (Å²) < 4.78 is 41.1. The van der Waals surface area contributed by atoms with Crippen LogP contribution in [-0.4, -0.2) is 15.0 Å². The molecular weight excluding hydrogens is 345 g/mol. The van der Waals surface area contributed by atoms with Gasteiger partial charge in [0, 0.05) is 11.0 Å². The number of hydrogen-bond acceptors (Lipinski definition) is 2. The molecular formula is C14H21BrFNO2S. The Kier molecular flexibility index (Phi) is 6.16. The number of benzene rings is 1. The van der Waals surface area contributed by atoms with Crippen LogP contribution in [0, 0.1) is 23.6 Å². The van der Waals surface area contributed by atoms with Gasteiger partial charge in [-0.3, -0.25) is 0 Å². The Morgan fingerprint density at radius 2 is 1.75 bits per heavy atom. The summed E-state index contributed by atoms with van der Waals surface area (Å²) in [6, 6.07) is 3.93. The Morgan fingerprint density at radius 1 is 1.20 bits per heavy atom. The van der Waals surface area contributed by atoms with Crippen LogP contribution >= 0.6 is 15.9 Å². The molecule has 0 saturated carbocycles. The highest BCUT2D eigenvalue weighted by Crippen LogP contribution is 2.22. The lowest BCUT2D eigenvalue weighted by molar-refractivity contribution is 0.289. The van der Waals surface area contributed by atoms with Crippen LogP contribution in [0.4, 0.5) is 4.39 Å². The molecule has 0 fully saturated rings. The summed E-state index contributed by atoms with van der Waals surface area (Å²) in [6.07, 6.45) is 0. The summed E-state index contributed by atoms with van der Waals surface area (Å²) in [5.41, 5.74) is 0. The van der Waals surface area contributed by atoms with Gasteiger partial charge in [0.05, 0.1) is 0 Å². The van der Waals surface area contributed by atoms with Gasteiger partial charge in [-0.05, 0) is 36.0 Å². The fourth-order valence-electron chi connectivity index (χ4n) is 2.22. The normalized spacial score (nSPS) is 12.7. The summed E-state index contributed by atoms with van der Waals surface area (Å²) in [4.78, 5) is -0.313. The largest absolute Gasteiger partial charge is 0.243 e. The second kappa shape index (κ2) is 7.00. The highest BCUT2D eigenvalue weighted by atomic mass is 79.9. The molecule has 0 atom stereocenters. The van der Waals surface area contributed by atoms with Crippen LogP contribution in [-0.2, 0) is 10.0 Å². The molecule has 0 aromatic heterocycles. The van der Waals surface area contributed by atoms with Crippen LogP contribution in [0.3, 0.4) is 0 Å². The minimum atomic E-state index is -3.82. The molecule has 0 amide bonds. The number of sulfonamides is 1. The van der Waals surface area contributed by atoms with Crippen LogP contribution in [0.25, 0.3) is 0 Å². The van der Waals surface area contributed by atoms with Gasteiger partial charge in [-0.1, -0.05) is 43.6 Å². The average molecular weight is 366 g/mol. The Balaban J connectivity index is 2.90. The zero-order valence-corrected chi connectivity index (χ0v) is 14.6. The van der Waals surface area contributed by atoms with Crippen molar-refractivity contribution in [3.8, 4) is 0 Å². The van der Waals surface area contributed by atoms with E-state index in [1.165, 1.54) is 12.1 Å². The van der Waals surface area contributed by atoms with Gasteiger partial charge in [-0.2, -0.15) is 0 Å². The highest BCUT2D eigenvalue weighted by molar-refractivity contribution is 9.10. The summed E-state index contributed by atoms with van der Waals surface area (Å²) in [5.74, 6) is 0.167. The number of rotatable bonds is 6. The van der Waals surface area contributed by atoms with Crippen molar-refractivity contribution < 1.29 is 12.8 Å². The molecule has 0 spiro atoms. The fraction of sp³-hybridized carbons (Fsp3) is 0.571. The van der Waals surface area contributed by atoms with Gasteiger partial charge in [-0.15, -0.1) is 0 Å². The number of nitrogens with one attached hydrogen (secondary N) is 1. The molecule has 0 unspecified atom stereocenters. The van der Waals surface area contributed by atoms with Gasteiger partial charge in [0.1, 0.15) is 10.7 Å². The molecule has 114 valence electrons. The topological polar surface area (TPSA) is 46.2 Å². The summed E-state index contributed by atoms with van der Waals surface area (Å²) >= 11 is 3.11. The first-order chi connectivity index (χ1) is 9.15. The standard InChI is InChI=1S/C14H21BrFNO2S/c1-9(2)12(10(3)4)8-17-20(18,19)14-6-5-11(15)7-13(14)16/h5-7,9-10,12,17H,8H2,1-4H3. The number of hydrogen-bond donors (Lipinski definition) is 1. The molecule has 1 N–H and O–H groups in total. The third-order valence-electron chi connectivity index (χ3n) is 3.41. The maximum Gasteiger partial charge on any atom is 0.243 e. The van der Waals surface area contributed by atoms with Gasteiger partial charge in [0.25, 0.3) is 0 Å². The van der Waals surface area contributed by atoms with Gasteiger partial charge in [0.2, 0.25) is 10.0 Å². The molecule has 1 rings (SSSR count). The van der Waals surface area contributed by atoms with Gasteiger partial charge in [-0.25, -0.2) is 17.5 Å². The van der Waals surface area contributed by atoms with Crippen molar-refractivity contribution in [2.45, 2.75) is 32.6 Å². The van der Waals surface area contributed by atoms with Gasteiger partial charge in [0.15, 0.2) is 0 Å². The lowest BCUT2D eigenvalue weighted by atomic mass is 9.86. The van der Waals surface area contributed by atoms with E-state index in [9.17, 15) is 12.8 Å². The smallest absolute Gasteiger partial charge is 0.211 e. The molecule has 20 heavy (non-hydrogen) atoms. The van der Waals surface area contributed by atoms with Crippen molar-refractivity contribution in [2.75, 3.05) is 6.54 Å². The van der Waals surface area contributed by atoms with Crippen LogP contribution < -0.4 is 4.72 Å². The van der Waals surface area contributed by atoms with Crippen molar-refractivity contribution in [3.63, 3.8) is 0 Å². The third kappa shape index (κ3) is 4.53. The molecule has 0 radical (unpaired) electrons. The Morgan fingerprint density at radius 3 is 2.20 bits per heavy atom. The Hall–Kier alpha value is -0.460. The highest BCUT2D eigenvalue weighted by Gasteiger charge is 2.23. The lowest BCUT2D eigenvalue weighted by Crippen LogP contribution is -2.34. The minimum Gasteiger partial charge on any atom is -0.211 e. The predicted octanol–water partition coefficient (Wildman–Crippen LogP) is 3.79. The predicted molar refractivity (Wildman–Crippen MR) is 82.5 cm³/mol. The van der Waals surface area contributed by atoms with E-state index in [2.05, 4.69) is 48.3 Å². The minimum absolute atomic E-state index is 0.211. The first-order valence-corrected chi connectivity index (χ1v) is 8.87. The van der Waals surface area contributed by atoms with Crippen LogP contribution in [0.1, 0.15) is 27.7 Å². The molecule has 0 aliphatic heterocycles. The monoisotopic (exact) mass is 365 g/mol. The molecule has 1 aromatic carbocycles. The van der Waals surface area contributed by atoms with Crippen LogP contribution in [0.15, 0.2) is 27.6 Å². The third-order valence-corrected chi connectivity index (χ3v) is 5.36. The van der Waals surface area contributed by atoms with Crippen molar-refractivity contribution in [2.24, 2.45) is 17.8 Å². The lowest BCUT2D eigenvalue weighted by Gasteiger charge is -2.25. The van der Waals surface area contributed by atoms with Crippen LogP contribution in [0.5, 0.6) is 0 Å². The zero-order valence-electron chi connectivity index (χ0n) is 12.2. The van der Waals surface area contributed by atoms with Gasteiger partial charge < -0.3 is 0 Å². The Labute approximate surface area is 129 Å². The van der Waals surface area contributed by atoms with Crippen molar-refractivity contribution in [1.82, 2.24) is 4.72 Å². The zero-order chi connectivity index (χ0) is 15.5. The summed E-state index contributed by atoms with van der Waals surface area (Å²) in [5, 5.41) is 0. The Bertz CT molecular complexity index is 550. The average Bonchev–Trinajstić information content (AvgIpc) is 2.26. The van der Waals surface area contributed by atoms with E-state index in [0.29, 0.717) is 22.9 Å². The summed E-state index contributed by atoms with van der Waals surface area (Å²) in [6.45, 7) is 8.53. The molecule has 0 heterocycles. The van der Waals surface area contributed by atoms with Crippen molar-refractivity contribution >= 4 is 26.0 Å². The fourth-order valence-corrected chi connectivity index (χ4v) is 3.68. The van der Waals surface area contributed by atoms with Crippen molar-refractivity contribution in [1.29, 1.82) is 0 Å². The molecule has 0 saturated heterocycles. The second-order valence-electron chi connectivity index (χ2n) is 5.58. The van der Waals surface area contributed by atoms with E-state index in [4.69, 9.17) is 0 Å². The molecule has 0 aliphatic rings. The first-order valence-electron chi connectivity index (χ1n) is 6.60. The molecule has 0 aliphatic carbocycles. The van der Waals surface area contributed by atoms with E-state index in [-0.39, 0.29) is 10.8 Å². The number of halogens is 2. The maximum atomic E-state index is 13.7. The molecule has 0 bridgehead atoms. The molecule has 3 nitrogen and oxygen atoms in total.